The molecule has 2 N–H and O–H groups in total. The zero-order valence-electron chi connectivity index (χ0n) is 9.34. The number of oxime groups is 1. The van der Waals surface area contributed by atoms with Crippen LogP contribution in [0.2, 0.25) is 0 Å². The molecule has 0 saturated carbocycles. The van der Waals surface area contributed by atoms with E-state index in [1.807, 2.05) is 0 Å². The molecule has 0 amide bonds. The van der Waals surface area contributed by atoms with Gasteiger partial charge in [0.2, 0.25) is 0 Å². The van der Waals surface area contributed by atoms with Gasteiger partial charge in [0.05, 0.1) is 12.6 Å². The fourth-order valence-electron chi connectivity index (χ4n) is 2.45. The monoisotopic (exact) mass is 295 g/mol. The number of rotatable bonds is 1. The smallest absolute Gasteiger partial charge is 0.162 e. The summed E-state index contributed by atoms with van der Waals surface area (Å²) in [6.45, 7) is 2.48. The molecule has 0 spiro atoms. The minimum absolute atomic E-state index is 0.0588. The van der Waals surface area contributed by atoms with Crippen LogP contribution in [0.25, 0.3) is 0 Å². The van der Waals surface area contributed by atoms with Gasteiger partial charge >= 0.3 is 0 Å². The Hall–Kier alpha value is -1.07. The number of nitrogens with zero attached hydrogens (tertiary/aromatic N) is 2. The average molecular weight is 296 g/mol. The Morgan fingerprint density at radius 2 is 2.12 bits per heavy atom. The number of hydrogen-bond acceptors (Lipinski definition) is 4. The minimum Gasteiger partial charge on any atom is -0.392 e. The molecule has 5 heteroatoms. The molecular formula is C12H14BrN3O. The van der Waals surface area contributed by atoms with Crippen LogP contribution in [0.5, 0.6) is 0 Å². The van der Waals surface area contributed by atoms with E-state index in [4.69, 9.17) is 10.6 Å². The molecule has 1 saturated heterocycles. The summed E-state index contributed by atoms with van der Waals surface area (Å²) < 4.78 is 1.09. The summed E-state index contributed by atoms with van der Waals surface area (Å²) in [6.07, 6.45) is 0. The summed E-state index contributed by atoms with van der Waals surface area (Å²) in [5, 5.41) is 4.07. The second-order valence-electron chi connectivity index (χ2n) is 4.41. The van der Waals surface area contributed by atoms with Crippen molar-refractivity contribution < 1.29 is 4.84 Å². The number of hydrogen-bond donors (Lipinski definition) is 1. The highest BCUT2D eigenvalue weighted by Crippen LogP contribution is 2.29. The number of halogens is 1. The molecule has 4 nitrogen and oxygen atoms in total. The fourth-order valence-corrected chi connectivity index (χ4v) is 2.71. The second-order valence-corrected chi connectivity index (χ2v) is 5.33. The Labute approximate surface area is 109 Å². The van der Waals surface area contributed by atoms with Crippen molar-refractivity contribution in [2.45, 2.75) is 12.0 Å². The van der Waals surface area contributed by atoms with Crippen molar-refractivity contribution >= 4 is 21.8 Å². The summed E-state index contributed by atoms with van der Waals surface area (Å²) in [5.41, 5.74) is 7.50. The third-order valence-corrected chi connectivity index (χ3v) is 3.91. The zero-order valence-corrected chi connectivity index (χ0v) is 10.9. The zero-order chi connectivity index (χ0) is 11.8. The number of fused-ring (bicyclic) bond motifs is 1. The molecule has 0 aromatic heterocycles. The maximum absolute atomic E-state index is 6.24. The Balaban J connectivity index is 1.88. The molecule has 3 rings (SSSR count). The molecule has 1 fully saturated rings. The van der Waals surface area contributed by atoms with Gasteiger partial charge in [-0.05, 0) is 17.7 Å². The molecule has 90 valence electrons. The van der Waals surface area contributed by atoms with Crippen molar-refractivity contribution in [3.63, 3.8) is 0 Å². The first-order chi connectivity index (χ1) is 8.25. The number of benzene rings is 1. The average Bonchev–Trinajstić information content (AvgIpc) is 2.69. The van der Waals surface area contributed by atoms with E-state index in [2.05, 4.69) is 50.3 Å². The first-order valence-electron chi connectivity index (χ1n) is 5.71. The fraction of sp³-hybridized carbons (Fsp3) is 0.417. The van der Waals surface area contributed by atoms with Gasteiger partial charge in [-0.1, -0.05) is 33.2 Å². The molecule has 2 aliphatic rings. The predicted molar refractivity (Wildman–Crippen MR) is 69.8 cm³/mol. The number of amidine groups is 1. The van der Waals surface area contributed by atoms with Crippen molar-refractivity contribution in [1.82, 2.24) is 4.90 Å². The molecule has 0 unspecified atom stereocenters. The molecule has 17 heavy (non-hydrogen) atoms. The largest absolute Gasteiger partial charge is 0.392 e. The van der Waals surface area contributed by atoms with Crippen molar-refractivity contribution in [2.75, 3.05) is 19.7 Å². The summed E-state index contributed by atoms with van der Waals surface area (Å²) >= 11 is 3.44. The minimum atomic E-state index is -0.0588. The van der Waals surface area contributed by atoms with Crippen molar-refractivity contribution in [3.05, 3.63) is 34.3 Å². The van der Waals surface area contributed by atoms with Crippen LogP contribution in [-0.4, -0.2) is 36.5 Å². The first kappa shape index (κ1) is 11.0. The third-order valence-electron chi connectivity index (χ3n) is 3.38. The lowest BCUT2D eigenvalue weighted by Crippen LogP contribution is -2.39. The van der Waals surface area contributed by atoms with Gasteiger partial charge in [0, 0.05) is 16.9 Å². The highest BCUT2D eigenvalue weighted by atomic mass is 79.9. The lowest BCUT2D eigenvalue weighted by molar-refractivity contribution is 0.106. The van der Waals surface area contributed by atoms with Crippen LogP contribution < -0.4 is 5.73 Å². The summed E-state index contributed by atoms with van der Waals surface area (Å²) in [5.74, 6) is 1.20. The maximum Gasteiger partial charge on any atom is 0.162 e. The van der Waals surface area contributed by atoms with Crippen LogP contribution in [0.3, 0.4) is 0 Å². The van der Waals surface area contributed by atoms with E-state index in [1.54, 1.807) is 0 Å². The molecule has 1 aromatic rings. The predicted octanol–water partition coefficient (Wildman–Crippen LogP) is 1.52. The summed E-state index contributed by atoms with van der Waals surface area (Å²) in [6, 6.07) is 8.29. The van der Waals surface area contributed by atoms with Crippen molar-refractivity contribution in [2.24, 2.45) is 10.9 Å². The highest BCUT2D eigenvalue weighted by Gasteiger charge is 2.38. The van der Waals surface area contributed by atoms with E-state index in [0.29, 0.717) is 12.5 Å². The van der Waals surface area contributed by atoms with E-state index in [0.717, 1.165) is 23.4 Å². The van der Waals surface area contributed by atoms with Crippen LogP contribution in [0.4, 0.5) is 0 Å². The van der Waals surface area contributed by atoms with Gasteiger partial charge in [-0.15, -0.1) is 0 Å². The molecule has 0 aliphatic carbocycles. The van der Waals surface area contributed by atoms with Gasteiger partial charge in [-0.3, -0.25) is 0 Å². The lowest BCUT2D eigenvalue weighted by atomic mass is 9.95. The van der Waals surface area contributed by atoms with E-state index in [9.17, 15) is 0 Å². The van der Waals surface area contributed by atoms with Crippen molar-refractivity contribution in [3.8, 4) is 0 Å². The van der Waals surface area contributed by atoms with Gasteiger partial charge < -0.3 is 15.5 Å². The Kier molecular flexibility index (Phi) is 2.80. The summed E-state index contributed by atoms with van der Waals surface area (Å²) in [7, 11) is 0. The molecule has 0 bridgehead atoms. The van der Waals surface area contributed by atoms with Crippen LogP contribution in [0.1, 0.15) is 11.5 Å². The maximum atomic E-state index is 6.24. The Morgan fingerprint density at radius 3 is 2.82 bits per heavy atom. The van der Waals surface area contributed by atoms with Gasteiger partial charge in [-0.25, -0.2) is 0 Å². The molecular weight excluding hydrogens is 282 g/mol. The van der Waals surface area contributed by atoms with Gasteiger partial charge in [0.25, 0.3) is 0 Å². The van der Waals surface area contributed by atoms with Crippen LogP contribution in [0.15, 0.2) is 33.9 Å². The SMILES string of the molecule is N[C@@H]1C2=NOCCN2C[C@H]1c1ccc(Br)cc1. The number of nitrogens with two attached hydrogens (primary N) is 1. The lowest BCUT2D eigenvalue weighted by Gasteiger charge is -2.22. The van der Waals surface area contributed by atoms with Gasteiger partial charge in [0.1, 0.15) is 6.61 Å². The van der Waals surface area contributed by atoms with E-state index in [-0.39, 0.29) is 6.04 Å². The van der Waals surface area contributed by atoms with Gasteiger partial charge in [0.15, 0.2) is 5.84 Å². The normalized spacial score (nSPS) is 27.4. The Morgan fingerprint density at radius 1 is 1.35 bits per heavy atom. The highest BCUT2D eigenvalue weighted by molar-refractivity contribution is 9.10. The molecule has 1 aromatic carbocycles. The van der Waals surface area contributed by atoms with E-state index < -0.39 is 0 Å². The van der Waals surface area contributed by atoms with E-state index >= 15 is 0 Å². The molecule has 2 heterocycles. The topological polar surface area (TPSA) is 50.9 Å². The molecule has 0 radical (unpaired) electrons. The van der Waals surface area contributed by atoms with Crippen LogP contribution in [-0.2, 0) is 4.84 Å². The van der Waals surface area contributed by atoms with Crippen LogP contribution >= 0.6 is 15.9 Å². The van der Waals surface area contributed by atoms with E-state index in [1.165, 1.54) is 5.56 Å². The first-order valence-corrected chi connectivity index (χ1v) is 6.51. The standard InChI is InChI=1S/C12H14BrN3O/c13-9-3-1-8(2-4-9)10-7-16-5-6-17-15-12(16)11(10)14/h1-4,10-11H,5-7,14H2/t10-,11-/m0/s1. The second kappa shape index (κ2) is 4.31. The molecule has 2 atom stereocenters. The Bertz CT molecular complexity index is 446. The van der Waals surface area contributed by atoms with Crippen LogP contribution in [0, 0.1) is 0 Å². The molecule has 2 aliphatic heterocycles. The summed E-state index contributed by atoms with van der Waals surface area (Å²) in [4.78, 5) is 7.34. The van der Waals surface area contributed by atoms with Gasteiger partial charge in [-0.2, -0.15) is 0 Å². The van der Waals surface area contributed by atoms with Crippen molar-refractivity contribution in [1.29, 1.82) is 0 Å². The third kappa shape index (κ3) is 1.93. The quantitative estimate of drug-likeness (QED) is 0.855.